The van der Waals surface area contributed by atoms with Crippen molar-refractivity contribution in [2.75, 3.05) is 17.2 Å². The number of Topliss-reactive ketones (excluding diaryl/α,β-unsaturated/α-hetero) is 1. The van der Waals surface area contributed by atoms with Crippen LogP contribution in [0.1, 0.15) is 31.1 Å². The Hall–Kier alpha value is -4.64. The number of benzene rings is 3. The van der Waals surface area contributed by atoms with Gasteiger partial charge in [0, 0.05) is 50.5 Å². The average molecular weight is 615 g/mol. The highest BCUT2D eigenvalue weighted by molar-refractivity contribution is 6.33. The van der Waals surface area contributed by atoms with Crippen molar-refractivity contribution in [2.24, 2.45) is 0 Å². The number of nitrogens with zero attached hydrogens (tertiary/aromatic N) is 4. The molecule has 5 rings (SSSR count). The number of fused-ring (bicyclic) bond motifs is 1. The highest BCUT2D eigenvalue weighted by Crippen LogP contribution is 2.33. The molecule has 1 unspecified atom stereocenters. The van der Waals surface area contributed by atoms with Crippen molar-refractivity contribution in [3.63, 3.8) is 0 Å². The molecule has 0 aliphatic heterocycles. The van der Waals surface area contributed by atoms with Crippen molar-refractivity contribution < 1.29 is 19.1 Å². The van der Waals surface area contributed by atoms with Gasteiger partial charge in [0.15, 0.2) is 11.6 Å². The molecule has 11 heteroatoms. The van der Waals surface area contributed by atoms with E-state index >= 15 is 4.39 Å². The molecule has 3 N–H and O–H groups in total. The highest BCUT2D eigenvalue weighted by Gasteiger charge is 2.25. The van der Waals surface area contributed by atoms with E-state index in [2.05, 4.69) is 20.6 Å². The minimum absolute atomic E-state index is 0.0135. The number of aromatic nitrogens is 3. The first-order chi connectivity index (χ1) is 21.1. The van der Waals surface area contributed by atoms with Crippen LogP contribution >= 0.6 is 11.6 Å². The zero-order valence-electron chi connectivity index (χ0n) is 24.5. The molecule has 226 valence electrons. The Balaban J connectivity index is 1.33. The normalized spacial score (nSPS) is 12.1. The molecule has 0 bridgehead atoms. The fourth-order valence-corrected chi connectivity index (χ4v) is 5.36. The number of anilines is 3. The van der Waals surface area contributed by atoms with Crippen LogP contribution in [0, 0.1) is 5.82 Å². The summed E-state index contributed by atoms with van der Waals surface area (Å²) in [5.41, 5.74) is 3.50. The standard InChI is InChI=1S/C33H32ClFN6O3/c1-20(2)41(17-31(43)39-29-10-6-8-25(33(29)35)24-7-4-5-9-28(24)34)32(44)18-40-16-27(21(3)42)26-13-22(11-12-30(26)40)38-23-14-36-19-37-15-23/h4-16,19-20,32,38,44H,17-18H2,1-3H3,(H,39,43). The first-order valence-electron chi connectivity index (χ1n) is 14.0. The summed E-state index contributed by atoms with van der Waals surface area (Å²) in [5, 5.41) is 18.3. The van der Waals surface area contributed by atoms with Gasteiger partial charge in [-0.15, -0.1) is 0 Å². The lowest BCUT2D eigenvalue weighted by Gasteiger charge is -2.31. The Morgan fingerprint density at radius 1 is 1.02 bits per heavy atom. The molecular weight excluding hydrogens is 583 g/mol. The molecule has 3 aromatic carbocycles. The Morgan fingerprint density at radius 3 is 2.45 bits per heavy atom. The smallest absolute Gasteiger partial charge is 0.238 e. The average Bonchev–Trinajstić information content (AvgIpc) is 3.35. The summed E-state index contributed by atoms with van der Waals surface area (Å²) in [6.07, 6.45) is 5.35. The number of amides is 1. The van der Waals surface area contributed by atoms with Gasteiger partial charge in [-0.1, -0.05) is 41.9 Å². The number of rotatable bonds is 11. The van der Waals surface area contributed by atoms with E-state index in [1.807, 2.05) is 32.0 Å². The summed E-state index contributed by atoms with van der Waals surface area (Å²) in [6, 6.07) is 17.0. The van der Waals surface area contributed by atoms with E-state index in [4.69, 9.17) is 11.6 Å². The maximum absolute atomic E-state index is 15.4. The number of carbonyl (C=O) groups excluding carboxylic acids is 2. The number of hydrogen-bond donors (Lipinski definition) is 3. The van der Waals surface area contributed by atoms with Gasteiger partial charge in [0.25, 0.3) is 0 Å². The lowest BCUT2D eigenvalue weighted by Crippen LogP contribution is -2.46. The van der Waals surface area contributed by atoms with Crippen molar-refractivity contribution in [1.29, 1.82) is 0 Å². The molecule has 0 aliphatic rings. The predicted molar refractivity (Wildman–Crippen MR) is 171 cm³/mol. The van der Waals surface area contributed by atoms with Crippen LogP contribution in [0.25, 0.3) is 22.0 Å². The predicted octanol–water partition coefficient (Wildman–Crippen LogP) is 6.50. The first-order valence-corrected chi connectivity index (χ1v) is 14.4. The number of carbonyl (C=O) groups is 2. The van der Waals surface area contributed by atoms with E-state index in [1.54, 1.807) is 64.5 Å². The number of halogens is 2. The maximum Gasteiger partial charge on any atom is 0.238 e. The quantitative estimate of drug-likeness (QED) is 0.115. The van der Waals surface area contributed by atoms with Crippen LogP contribution in [-0.4, -0.2) is 55.0 Å². The lowest BCUT2D eigenvalue weighted by atomic mass is 10.0. The van der Waals surface area contributed by atoms with Crippen molar-refractivity contribution in [2.45, 2.75) is 39.6 Å². The second-order valence-electron chi connectivity index (χ2n) is 10.7. The number of aliphatic hydroxyl groups is 1. The molecule has 2 heterocycles. The molecule has 5 aromatic rings. The third-order valence-corrected chi connectivity index (χ3v) is 7.61. The van der Waals surface area contributed by atoms with Crippen molar-refractivity contribution in [1.82, 2.24) is 19.4 Å². The fraction of sp³-hybridized carbons (Fsp3) is 0.212. The van der Waals surface area contributed by atoms with Crippen molar-refractivity contribution >= 4 is 51.3 Å². The Kier molecular flexibility index (Phi) is 9.34. The van der Waals surface area contributed by atoms with Crippen LogP contribution in [-0.2, 0) is 11.3 Å². The van der Waals surface area contributed by atoms with Gasteiger partial charge in [-0.2, -0.15) is 0 Å². The van der Waals surface area contributed by atoms with Gasteiger partial charge in [-0.25, -0.2) is 14.4 Å². The second-order valence-corrected chi connectivity index (χ2v) is 11.1. The molecule has 0 saturated heterocycles. The molecule has 2 aromatic heterocycles. The van der Waals surface area contributed by atoms with Crippen molar-refractivity contribution in [3.05, 3.63) is 102 Å². The van der Waals surface area contributed by atoms with Crippen LogP contribution < -0.4 is 10.6 Å². The molecule has 0 spiro atoms. The molecular formula is C33H32ClFN6O3. The summed E-state index contributed by atoms with van der Waals surface area (Å²) in [4.78, 5) is 35.3. The first kappa shape index (κ1) is 30.8. The summed E-state index contributed by atoms with van der Waals surface area (Å²) in [7, 11) is 0. The van der Waals surface area contributed by atoms with Gasteiger partial charge in [-0.3, -0.25) is 14.5 Å². The van der Waals surface area contributed by atoms with E-state index in [-0.39, 0.29) is 36.2 Å². The monoisotopic (exact) mass is 614 g/mol. The van der Waals surface area contributed by atoms with E-state index in [9.17, 15) is 14.7 Å². The summed E-state index contributed by atoms with van der Waals surface area (Å²) in [6.45, 7) is 5.10. The van der Waals surface area contributed by atoms with Gasteiger partial charge >= 0.3 is 0 Å². The summed E-state index contributed by atoms with van der Waals surface area (Å²) >= 11 is 6.27. The molecule has 0 saturated carbocycles. The van der Waals surface area contributed by atoms with Gasteiger partial charge in [0.1, 0.15) is 12.6 Å². The Labute approximate surface area is 259 Å². The molecule has 0 aliphatic carbocycles. The third-order valence-electron chi connectivity index (χ3n) is 7.28. The summed E-state index contributed by atoms with van der Waals surface area (Å²) in [5.74, 6) is -1.21. The zero-order valence-corrected chi connectivity index (χ0v) is 25.2. The van der Waals surface area contributed by atoms with Gasteiger partial charge in [0.05, 0.1) is 36.9 Å². The zero-order chi connectivity index (χ0) is 31.4. The molecule has 44 heavy (non-hydrogen) atoms. The number of hydrogen-bond acceptors (Lipinski definition) is 7. The topological polar surface area (TPSA) is 112 Å². The SMILES string of the molecule is CC(=O)c1cn(CC(O)N(CC(=O)Nc2cccc(-c3ccccc3Cl)c2F)C(C)C)c2ccc(Nc3cncnc3)cc12. The van der Waals surface area contributed by atoms with E-state index in [1.165, 1.54) is 19.3 Å². The minimum atomic E-state index is -1.09. The summed E-state index contributed by atoms with van der Waals surface area (Å²) < 4.78 is 17.2. The highest BCUT2D eigenvalue weighted by atomic mass is 35.5. The van der Waals surface area contributed by atoms with Crippen LogP contribution in [0.5, 0.6) is 0 Å². The Morgan fingerprint density at radius 2 is 1.75 bits per heavy atom. The molecule has 0 radical (unpaired) electrons. The molecule has 1 atom stereocenters. The number of nitrogens with one attached hydrogen (secondary N) is 2. The van der Waals surface area contributed by atoms with Gasteiger partial charge in [-0.05, 0) is 51.1 Å². The molecule has 1 amide bonds. The second kappa shape index (κ2) is 13.3. The van der Waals surface area contributed by atoms with Crippen LogP contribution in [0.4, 0.5) is 21.5 Å². The van der Waals surface area contributed by atoms with Crippen molar-refractivity contribution in [3.8, 4) is 11.1 Å². The van der Waals surface area contributed by atoms with Crippen LogP contribution in [0.2, 0.25) is 5.02 Å². The Bertz CT molecular complexity index is 1810. The number of ketones is 1. The largest absolute Gasteiger partial charge is 0.376 e. The lowest BCUT2D eigenvalue weighted by molar-refractivity contribution is -0.122. The van der Waals surface area contributed by atoms with E-state index in [0.717, 1.165) is 11.2 Å². The van der Waals surface area contributed by atoms with Crippen LogP contribution in [0.3, 0.4) is 0 Å². The molecule has 9 nitrogen and oxygen atoms in total. The van der Waals surface area contributed by atoms with Gasteiger partial charge < -0.3 is 20.3 Å². The third kappa shape index (κ3) is 6.78. The van der Waals surface area contributed by atoms with Gasteiger partial charge in [0.2, 0.25) is 5.91 Å². The van der Waals surface area contributed by atoms with E-state index in [0.29, 0.717) is 27.2 Å². The molecule has 0 fully saturated rings. The van der Waals surface area contributed by atoms with E-state index < -0.39 is 18.0 Å². The maximum atomic E-state index is 15.4. The van der Waals surface area contributed by atoms with Crippen LogP contribution in [0.15, 0.2) is 85.6 Å². The fourth-order valence-electron chi connectivity index (χ4n) is 5.12. The minimum Gasteiger partial charge on any atom is -0.376 e. The number of aliphatic hydroxyl groups excluding tert-OH is 1.